The highest BCUT2D eigenvalue weighted by atomic mass is 35.5. The summed E-state index contributed by atoms with van der Waals surface area (Å²) in [6.45, 7) is 0. The number of nitrogens with zero attached hydrogens (tertiary/aromatic N) is 2. The number of hydrogen-bond donors (Lipinski definition) is 5. The second-order valence-corrected chi connectivity index (χ2v) is 7.84. The fourth-order valence-electron chi connectivity index (χ4n) is 3.53. The Balaban J connectivity index is 1.96. The molecule has 2 aromatic heterocycles. The third-order valence-corrected chi connectivity index (χ3v) is 5.30. The predicted molar refractivity (Wildman–Crippen MR) is 115 cm³/mol. The lowest BCUT2D eigenvalue weighted by atomic mass is 9.93. The van der Waals surface area contributed by atoms with Crippen LogP contribution >= 0.6 is 11.6 Å². The van der Waals surface area contributed by atoms with Crippen molar-refractivity contribution in [2.45, 2.75) is 18.2 Å². The third kappa shape index (κ3) is 4.68. The maximum absolute atomic E-state index is 14.1. The van der Waals surface area contributed by atoms with Crippen molar-refractivity contribution in [1.82, 2.24) is 10.1 Å². The normalized spacial score (nSPS) is 13.2. The second-order valence-electron chi connectivity index (χ2n) is 7.41. The molecule has 0 aliphatic carbocycles. The van der Waals surface area contributed by atoms with Crippen LogP contribution < -0.4 is 0 Å². The molecular weight excluding hydrogens is 474 g/mol. The van der Waals surface area contributed by atoms with Gasteiger partial charge in [-0.15, -0.1) is 0 Å². The van der Waals surface area contributed by atoms with Gasteiger partial charge in [-0.3, -0.25) is 4.98 Å². The van der Waals surface area contributed by atoms with Crippen LogP contribution in [0.2, 0.25) is 5.02 Å². The summed E-state index contributed by atoms with van der Waals surface area (Å²) >= 11 is 6.08. The molecule has 34 heavy (non-hydrogen) atoms. The number of aromatic nitrogens is 2. The average Bonchev–Trinajstić information content (AvgIpc) is 3.23. The van der Waals surface area contributed by atoms with E-state index in [-0.39, 0.29) is 22.6 Å². The van der Waals surface area contributed by atoms with E-state index in [4.69, 9.17) is 16.1 Å². The molecule has 0 aliphatic heterocycles. The van der Waals surface area contributed by atoms with Crippen molar-refractivity contribution in [3.63, 3.8) is 0 Å². The largest absolute Gasteiger partial charge is 0.383 e. The minimum Gasteiger partial charge on any atom is -0.383 e. The van der Waals surface area contributed by atoms with Gasteiger partial charge in [0.15, 0.2) is 5.76 Å². The highest BCUT2D eigenvalue weighted by molar-refractivity contribution is 6.30. The zero-order valence-electron chi connectivity index (χ0n) is 17.1. The number of hydrogen-bond acceptors (Lipinski definition) is 8. The summed E-state index contributed by atoms with van der Waals surface area (Å²) in [5, 5.41) is 52.9. The fourth-order valence-corrected chi connectivity index (χ4v) is 3.72. The number of rotatable bonds is 6. The van der Waals surface area contributed by atoms with Gasteiger partial charge in [-0.1, -0.05) is 41.0 Å². The number of aliphatic hydroxyl groups excluding tert-OH is 1. The van der Waals surface area contributed by atoms with Gasteiger partial charge in [0.2, 0.25) is 0 Å². The van der Waals surface area contributed by atoms with Gasteiger partial charge >= 0.3 is 12.1 Å². The van der Waals surface area contributed by atoms with Gasteiger partial charge in [-0.25, -0.2) is 0 Å². The van der Waals surface area contributed by atoms with Crippen molar-refractivity contribution >= 4 is 11.6 Å². The summed E-state index contributed by atoms with van der Waals surface area (Å²) in [7, 11) is 0. The van der Waals surface area contributed by atoms with Crippen LogP contribution in [0.3, 0.4) is 0 Å². The molecule has 1 atom stereocenters. The van der Waals surface area contributed by atoms with Crippen molar-refractivity contribution in [2.75, 3.05) is 0 Å². The van der Waals surface area contributed by atoms with Gasteiger partial charge in [-0.05, 0) is 30.3 Å². The molecule has 2 heterocycles. The minimum absolute atomic E-state index is 0.0527. The minimum atomic E-state index is -4.13. The monoisotopic (exact) mass is 490 g/mol. The first kappa shape index (κ1) is 23.9. The molecule has 0 radical (unpaired) electrons. The highest BCUT2D eigenvalue weighted by Crippen LogP contribution is 2.41. The Kier molecular flexibility index (Phi) is 6.21. The molecule has 0 saturated heterocycles. The first-order valence-electron chi connectivity index (χ1n) is 9.73. The molecule has 1 unspecified atom stereocenters. The van der Waals surface area contributed by atoms with Crippen LogP contribution in [-0.2, 0) is 12.1 Å². The van der Waals surface area contributed by atoms with Crippen molar-refractivity contribution in [2.24, 2.45) is 0 Å². The molecule has 4 aromatic rings. The Morgan fingerprint density at radius 2 is 1.62 bits per heavy atom. The first-order valence-corrected chi connectivity index (χ1v) is 10.1. The zero-order chi connectivity index (χ0) is 24.7. The Morgan fingerprint density at radius 1 is 0.882 bits per heavy atom. The molecule has 0 amide bonds. The van der Waals surface area contributed by atoms with E-state index in [1.165, 1.54) is 12.4 Å². The number of benzene rings is 2. The molecule has 8 nitrogen and oxygen atoms in total. The Morgan fingerprint density at radius 3 is 2.24 bits per heavy atom. The standard InChI is InChI=1S/C23H17ClF2N2O6/c24-15-5-1-3-13(9-15)21-18(20(29)14-4-2-8-27-11-14)19(28-34-21)12-6-7-16(22(25,30)31)17(10-12)23(26,32)33/h1-11,20,29-33H. The van der Waals surface area contributed by atoms with E-state index in [1.54, 1.807) is 36.4 Å². The van der Waals surface area contributed by atoms with Crippen molar-refractivity contribution in [3.8, 4) is 22.6 Å². The van der Waals surface area contributed by atoms with Gasteiger partial charge in [0.25, 0.3) is 0 Å². The first-order chi connectivity index (χ1) is 16.0. The maximum Gasteiger partial charge on any atom is 0.344 e. The molecule has 0 aliphatic rings. The van der Waals surface area contributed by atoms with Gasteiger partial charge in [0.05, 0.1) is 16.7 Å². The van der Waals surface area contributed by atoms with E-state index in [0.29, 0.717) is 16.1 Å². The van der Waals surface area contributed by atoms with Crippen LogP contribution in [0.1, 0.15) is 28.4 Å². The number of halogens is 3. The van der Waals surface area contributed by atoms with Gasteiger partial charge in [-0.2, -0.15) is 8.78 Å². The van der Waals surface area contributed by atoms with Gasteiger partial charge in [0.1, 0.15) is 11.8 Å². The van der Waals surface area contributed by atoms with E-state index in [1.807, 2.05) is 0 Å². The van der Waals surface area contributed by atoms with Crippen LogP contribution in [0, 0.1) is 0 Å². The third-order valence-electron chi connectivity index (χ3n) is 5.07. The summed E-state index contributed by atoms with van der Waals surface area (Å²) in [5.74, 6) is 0.100. The predicted octanol–water partition coefficient (Wildman–Crippen LogP) is 3.27. The molecule has 11 heteroatoms. The van der Waals surface area contributed by atoms with Crippen LogP contribution in [0.15, 0.2) is 71.5 Å². The van der Waals surface area contributed by atoms with Crippen LogP contribution in [0.4, 0.5) is 8.78 Å². The van der Waals surface area contributed by atoms with E-state index >= 15 is 0 Å². The Labute approximate surface area is 195 Å². The lowest BCUT2D eigenvalue weighted by Crippen LogP contribution is -2.27. The maximum atomic E-state index is 14.1. The topological polar surface area (TPSA) is 140 Å². The van der Waals surface area contributed by atoms with Crippen molar-refractivity contribution in [1.29, 1.82) is 0 Å². The Hall–Kier alpha value is -3.25. The zero-order valence-corrected chi connectivity index (χ0v) is 17.9. The second kappa shape index (κ2) is 8.84. The molecular formula is C23H17ClF2N2O6. The number of pyridine rings is 1. The van der Waals surface area contributed by atoms with Gasteiger partial charge < -0.3 is 30.1 Å². The summed E-state index contributed by atoms with van der Waals surface area (Å²) in [6, 6.07) is 4.06. The quantitative estimate of drug-likeness (QED) is 0.259. The summed E-state index contributed by atoms with van der Waals surface area (Å²) in [5.41, 5.74) is -1.56. The van der Waals surface area contributed by atoms with E-state index in [0.717, 1.165) is 18.2 Å². The van der Waals surface area contributed by atoms with E-state index < -0.39 is 29.3 Å². The van der Waals surface area contributed by atoms with Crippen molar-refractivity contribution in [3.05, 3.63) is 94.3 Å². The number of aliphatic hydroxyl groups is 5. The molecule has 176 valence electrons. The molecule has 5 N–H and O–H groups in total. The lowest BCUT2D eigenvalue weighted by molar-refractivity contribution is -0.290. The summed E-state index contributed by atoms with van der Waals surface area (Å²) < 4.78 is 33.3. The molecule has 0 bridgehead atoms. The molecule has 0 fully saturated rings. The SMILES string of the molecule is OC(c1cccnc1)c1c(-c2ccc(C(O)(O)F)c(C(O)(O)F)c2)noc1-c1cccc(Cl)c1. The Bertz CT molecular complexity index is 1320. The molecule has 4 rings (SSSR count). The summed E-state index contributed by atoms with van der Waals surface area (Å²) in [6.07, 6.45) is 1.55. The molecule has 0 spiro atoms. The van der Waals surface area contributed by atoms with E-state index in [9.17, 15) is 34.3 Å². The lowest BCUT2D eigenvalue weighted by Gasteiger charge is -2.21. The molecule has 2 aromatic carbocycles. The van der Waals surface area contributed by atoms with Crippen LogP contribution in [0.25, 0.3) is 22.6 Å². The summed E-state index contributed by atoms with van der Waals surface area (Å²) in [4.78, 5) is 3.97. The van der Waals surface area contributed by atoms with E-state index in [2.05, 4.69) is 10.1 Å². The van der Waals surface area contributed by atoms with Crippen LogP contribution in [0.5, 0.6) is 0 Å². The highest BCUT2D eigenvalue weighted by Gasteiger charge is 2.38. The molecule has 0 saturated carbocycles. The van der Waals surface area contributed by atoms with Gasteiger partial charge in [0, 0.05) is 34.1 Å². The van der Waals surface area contributed by atoms with Crippen molar-refractivity contribution < 1.29 is 38.8 Å². The average molecular weight is 491 g/mol. The van der Waals surface area contributed by atoms with Crippen LogP contribution in [-0.4, -0.2) is 35.7 Å². The fraction of sp³-hybridized carbons (Fsp3) is 0.130. The number of alkyl halides is 2. The smallest absolute Gasteiger partial charge is 0.344 e.